The highest BCUT2D eigenvalue weighted by Crippen LogP contribution is 2.35. The number of carbonyl (C=O) groups excluding carboxylic acids is 3. The molecular formula is C23H19N3O3. The van der Waals surface area contributed by atoms with Gasteiger partial charge in [0.05, 0.1) is 23.0 Å². The molecule has 29 heavy (non-hydrogen) atoms. The Morgan fingerprint density at radius 3 is 2.52 bits per heavy atom. The van der Waals surface area contributed by atoms with Crippen molar-refractivity contribution in [2.24, 2.45) is 5.92 Å². The van der Waals surface area contributed by atoms with Gasteiger partial charge >= 0.3 is 0 Å². The molecule has 1 unspecified atom stereocenters. The first-order valence-electron chi connectivity index (χ1n) is 9.60. The summed E-state index contributed by atoms with van der Waals surface area (Å²) in [5.74, 6) is -0.981. The number of nitrogens with zero attached hydrogens (tertiary/aromatic N) is 2. The first kappa shape index (κ1) is 17.4. The van der Waals surface area contributed by atoms with Crippen molar-refractivity contribution in [1.29, 1.82) is 0 Å². The second-order valence-corrected chi connectivity index (χ2v) is 7.39. The second-order valence-electron chi connectivity index (χ2n) is 7.39. The average molecular weight is 385 g/mol. The summed E-state index contributed by atoms with van der Waals surface area (Å²) in [6, 6.07) is 21.0. The number of benzene rings is 3. The van der Waals surface area contributed by atoms with Gasteiger partial charge < -0.3 is 15.1 Å². The molecule has 1 N–H and O–H groups in total. The Kier molecular flexibility index (Phi) is 4.05. The Balaban J connectivity index is 1.45. The maximum Gasteiger partial charge on any atom is 0.244 e. The zero-order valence-corrected chi connectivity index (χ0v) is 15.7. The second kappa shape index (κ2) is 6.74. The summed E-state index contributed by atoms with van der Waals surface area (Å²) in [6.07, 6.45) is 0.141. The summed E-state index contributed by atoms with van der Waals surface area (Å²) in [5, 5.41) is 4.82. The molecule has 144 valence electrons. The number of hydrogen-bond acceptors (Lipinski definition) is 3. The summed E-state index contributed by atoms with van der Waals surface area (Å²) in [7, 11) is 0. The molecule has 6 nitrogen and oxygen atoms in total. The number of nitrogens with one attached hydrogen (secondary N) is 1. The predicted molar refractivity (Wildman–Crippen MR) is 112 cm³/mol. The number of amides is 3. The van der Waals surface area contributed by atoms with Crippen molar-refractivity contribution in [2.45, 2.75) is 6.42 Å². The van der Waals surface area contributed by atoms with E-state index in [4.69, 9.17) is 0 Å². The van der Waals surface area contributed by atoms with Crippen LogP contribution in [0.4, 0.5) is 17.1 Å². The zero-order chi connectivity index (χ0) is 20.0. The van der Waals surface area contributed by atoms with Gasteiger partial charge in [-0.2, -0.15) is 0 Å². The molecule has 0 radical (unpaired) electrons. The lowest BCUT2D eigenvalue weighted by Gasteiger charge is -2.31. The smallest absolute Gasteiger partial charge is 0.244 e. The molecule has 1 fully saturated rings. The van der Waals surface area contributed by atoms with Crippen LogP contribution in [0.25, 0.3) is 10.8 Å². The minimum atomic E-state index is -0.486. The van der Waals surface area contributed by atoms with Gasteiger partial charge in [-0.1, -0.05) is 48.5 Å². The van der Waals surface area contributed by atoms with Crippen LogP contribution in [0.5, 0.6) is 0 Å². The average Bonchev–Trinajstić information content (AvgIpc) is 3.13. The molecule has 0 aliphatic carbocycles. The first-order chi connectivity index (χ1) is 14.1. The largest absolute Gasteiger partial charge is 0.323 e. The molecule has 5 rings (SSSR count). The van der Waals surface area contributed by atoms with Crippen LogP contribution in [0, 0.1) is 5.92 Å². The van der Waals surface area contributed by atoms with Gasteiger partial charge in [-0.3, -0.25) is 14.4 Å². The Morgan fingerprint density at radius 1 is 0.897 bits per heavy atom. The molecule has 0 spiro atoms. The van der Waals surface area contributed by atoms with E-state index < -0.39 is 5.92 Å². The molecule has 3 aromatic rings. The molecule has 2 heterocycles. The van der Waals surface area contributed by atoms with Gasteiger partial charge in [-0.05, 0) is 23.6 Å². The summed E-state index contributed by atoms with van der Waals surface area (Å²) >= 11 is 0. The van der Waals surface area contributed by atoms with Gasteiger partial charge in [-0.15, -0.1) is 0 Å². The lowest BCUT2D eigenvalue weighted by molar-refractivity contribution is -0.125. The molecule has 2 aliphatic rings. The topological polar surface area (TPSA) is 69.7 Å². The fourth-order valence-electron chi connectivity index (χ4n) is 4.20. The number of hydrogen-bond donors (Lipinski definition) is 1. The minimum absolute atomic E-state index is 0.0329. The normalized spacial score (nSPS) is 18.7. The fourth-order valence-corrected chi connectivity index (χ4v) is 4.20. The van der Waals surface area contributed by atoms with Crippen LogP contribution in [-0.2, 0) is 14.4 Å². The van der Waals surface area contributed by atoms with Crippen molar-refractivity contribution < 1.29 is 14.4 Å². The van der Waals surface area contributed by atoms with E-state index in [-0.39, 0.29) is 30.7 Å². The zero-order valence-electron chi connectivity index (χ0n) is 15.7. The van der Waals surface area contributed by atoms with E-state index in [9.17, 15) is 14.4 Å². The van der Waals surface area contributed by atoms with Gasteiger partial charge in [0.25, 0.3) is 0 Å². The van der Waals surface area contributed by atoms with Gasteiger partial charge in [0, 0.05) is 18.4 Å². The van der Waals surface area contributed by atoms with Crippen molar-refractivity contribution in [2.75, 3.05) is 28.2 Å². The number of fused-ring (bicyclic) bond motifs is 2. The number of para-hydroxylation sites is 2. The maximum absolute atomic E-state index is 13.3. The van der Waals surface area contributed by atoms with Crippen LogP contribution in [0.15, 0.2) is 66.7 Å². The fraction of sp³-hybridized carbons (Fsp3) is 0.174. The van der Waals surface area contributed by atoms with Crippen LogP contribution in [-0.4, -0.2) is 30.8 Å². The van der Waals surface area contributed by atoms with E-state index in [1.54, 1.807) is 11.0 Å². The third kappa shape index (κ3) is 2.93. The molecule has 0 aromatic heterocycles. The summed E-state index contributed by atoms with van der Waals surface area (Å²) < 4.78 is 0. The highest BCUT2D eigenvalue weighted by Gasteiger charge is 2.39. The van der Waals surface area contributed by atoms with Crippen LogP contribution in [0.1, 0.15) is 6.42 Å². The molecule has 6 heteroatoms. The quantitative estimate of drug-likeness (QED) is 0.737. The Labute approximate surface area is 167 Å². The standard InChI is InChI=1S/C23H19N3O3/c27-21-14-26(20-10-4-3-9-18(20)24-21)23(29)16-12-22(28)25(13-16)19-11-5-7-15-6-1-2-8-17(15)19/h1-11,16H,12-14H2,(H,24,27). The SMILES string of the molecule is O=C1CN(C(=O)C2CC(=O)N(c3cccc4ccccc34)C2)c2ccccc2N1. The monoisotopic (exact) mass is 385 g/mol. The van der Waals surface area contributed by atoms with Crippen molar-refractivity contribution >= 4 is 45.6 Å². The molecule has 0 saturated carbocycles. The molecule has 1 saturated heterocycles. The van der Waals surface area contributed by atoms with Crippen molar-refractivity contribution in [3.05, 3.63) is 66.7 Å². The lowest BCUT2D eigenvalue weighted by atomic mass is 10.0. The highest BCUT2D eigenvalue weighted by molar-refractivity contribution is 6.13. The molecule has 0 bridgehead atoms. The van der Waals surface area contributed by atoms with Gasteiger partial charge in [-0.25, -0.2) is 0 Å². The van der Waals surface area contributed by atoms with Crippen molar-refractivity contribution in [3.63, 3.8) is 0 Å². The Bertz CT molecular complexity index is 1150. The van der Waals surface area contributed by atoms with E-state index in [0.717, 1.165) is 16.5 Å². The van der Waals surface area contributed by atoms with Crippen molar-refractivity contribution in [1.82, 2.24) is 0 Å². The third-order valence-corrected chi connectivity index (χ3v) is 5.57. The molecule has 2 aliphatic heterocycles. The Hall–Kier alpha value is -3.67. The highest BCUT2D eigenvalue weighted by atomic mass is 16.2. The van der Waals surface area contributed by atoms with E-state index in [2.05, 4.69) is 5.32 Å². The Morgan fingerprint density at radius 2 is 1.62 bits per heavy atom. The first-order valence-corrected chi connectivity index (χ1v) is 9.60. The summed E-state index contributed by atoms with van der Waals surface area (Å²) in [4.78, 5) is 41.3. The minimum Gasteiger partial charge on any atom is -0.323 e. The number of anilines is 3. The van der Waals surface area contributed by atoms with Crippen LogP contribution >= 0.6 is 0 Å². The van der Waals surface area contributed by atoms with Gasteiger partial charge in [0.15, 0.2) is 0 Å². The molecular weight excluding hydrogens is 366 g/mol. The van der Waals surface area contributed by atoms with Crippen LogP contribution < -0.4 is 15.1 Å². The number of rotatable bonds is 2. The summed E-state index contributed by atoms with van der Waals surface area (Å²) in [5.41, 5.74) is 2.11. The summed E-state index contributed by atoms with van der Waals surface area (Å²) in [6.45, 7) is 0.279. The molecule has 3 amide bonds. The van der Waals surface area contributed by atoms with E-state index in [0.29, 0.717) is 17.9 Å². The predicted octanol–water partition coefficient (Wildman–Crippen LogP) is 3.18. The van der Waals surface area contributed by atoms with Crippen LogP contribution in [0.2, 0.25) is 0 Å². The third-order valence-electron chi connectivity index (χ3n) is 5.57. The number of carbonyl (C=O) groups is 3. The van der Waals surface area contributed by atoms with E-state index >= 15 is 0 Å². The van der Waals surface area contributed by atoms with Crippen molar-refractivity contribution in [3.8, 4) is 0 Å². The molecule has 3 aromatic carbocycles. The lowest BCUT2D eigenvalue weighted by Crippen LogP contribution is -2.45. The van der Waals surface area contributed by atoms with E-state index in [1.165, 1.54) is 4.90 Å². The van der Waals surface area contributed by atoms with Crippen LogP contribution in [0.3, 0.4) is 0 Å². The van der Waals surface area contributed by atoms with Gasteiger partial charge in [0.2, 0.25) is 17.7 Å². The maximum atomic E-state index is 13.3. The van der Waals surface area contributed by atoms with E-state index in [1.807, 2.05) is 60.7 Å². The van der Waals surface area contributed by atoms with Gasteiger partial charge in [0.1, 0.15) is 6.54 Å². The molecule has 1 atom stereocenters.